The lowest BCUT2D eigenvalue weighted by atomic mass is 9.67. The number of carbonyl (C=O) groups is 1. The lowest BCUT2D eigenvalue weighted by Gasteiger charge is -2.49. The SMILES string of the molecule is CCCC1NC2(CC2)C(=O)N1C1C2(C)CCC(C2)C1(C)C. The molecule has 3 heteroatoms. The summed E-state index contributed by atoms with van der Waals surface area (Å²) in [5, 5.41) is 3.71. The van der Waals surface area contributed by atoms with Crippen LogP contribution in [0.4, 0.5) is 0 Å². The maximum Gasteiger partial charge on any atom is 0.244 e. The summed E-state index contributed by atoms with van der Waals surface area (Å²) in [5.41, 5.74) is 0.461. The van der Waals surface area contributed by atoms with E-state index in [1.165, 1.54) is 19.3 Å². The van der Waals surface area contributed by atoms with Gasteiger partial charge in [-0.15, -0.1) is 0 Å². The van der Waals surface area contributed by atoms with Crippen molar-refractivity contribution < 1.29 is 4.79 Å². The van der Waals surface area contributed by atoms with Crippen LogP contribution in [-0.4, -0.2) is 28.6 Å². The van der Waals surface area contributed by atoms with Crippen molar-refractivity contribution in [1.29, 1.82) is 0 Å². The molecule has 1 heterocycles. The molecule has 3 nitrogen and oxygen atoms in total. The minimum Gasteiger partial charge on any atom is -0.321 e. The van der Waals surface area contributed by atoms with Crippen LogP contribution in [0.5, 0.6) is 0 Å². The summed E-state index contributed by atoms with van der Waals surface area (Å²) in [6.45, 7) is 9.51. The average Bonchev–Trinajstić information content (AvgIpc) is 2.95. The first-order valence-corrected chi connectivity index (χ1v) is 8.94. The fraction of sp³-hybridized carbons (Fsp3) is 0.944. The predicted molar refractivity (Wildman–Crippen MR) is 83.7 cm³/mol. The maximum absolute atomic E-state index is 13.1. The smallest absolute Gasteiger partial charge is 0.244 e. The molecule has 2 bridgehead atoms. The molecule has 1 amide bonds. The Morgan fingerprint density at radius 1 is 1.24 bits per heavy atom. The van der Waals surface area contributed by atoms with E-state index in [-0.39, 0.29) is 17.1 Å². The van der Waals surface area contributed by atoms with Crippen molar-refractivity contribution in [1.82, 2.24) is 10.2 Å². The molecule has 1 N–H and O–H groups in total. The molecule has 1 aliphatic heterocycles. The lowest BCUT2D eigenvalue weighted by molar-refractivity contribution is -0.139. The van der Waals surface area contributed by atoms with Crippen LogP contribution in [0.25, 0.3) is 0 Å². The number of fused-ring (bicyclic) bond motifs is 2. The van der Waals surface area contributed by atoms with Gasteiger partial charge < -0.3 is 4.90 Å². The zero-order valence-corrected chi connectivity index (χ0v) is 14.0. The lowest BCUT2D eigenvalue weighted by Crippen LogP contribution is -2.57. The summed E-state index contributed by atoms with van der Waals surface area (Å²) >= 11 is 0. The third-order valence-corrected chi connectivity index (χ3v) is 7.21. The summed E-state index contributed by atoms with van der Waals surface area (Å²) in [7, 11) is 0. The highest BCUT2D eigenvalue weighted by atomic mass is 16.2. The van der Waals surface area contributed by atoms with Crippen LogP contribution in [-0.2, 0) is 4.79 Å². The minimum absolute atomic E-state index is 0.159. The van der Waals surface area contributed by atoms with Crippen LogP contribution in [0.15, 0.2) is 0 Å². The molecule has 21 heavy (non-hydrogen) atoms. The Morgan fingerprint density at radius 3 is 2.48 bits per heavy atom. The Balaban J connectivity index is 1.72. The molecule has 3 aliphatic carbocycles. The first-order valence-electron chi connectivity index (χ1n) is 8.94. The number of rotatable bonds is 3. The highest BCUT2D eigenvalue weighted by Crippen LogP contribution is 2.65. The van der Waals surface area contributed by atoms with E-state index in [2.05, 4.69) is 37.9 Å². The third kappa shape index (κ3) is 1.67. The molecule has 4 atom stereocenters. The molecule has 4 aliphatic rings. The van der Waals surface area contributed by atoms with Gasteiger partial charge in [0.1, 0.15) is 0 Å². The van der Waals surface area contributed by atoms with E-state index in [1.807, 2.05) is 0 Å². The van der Waals surface area contributed by atoms with Gasteiger partial charge in [0.05, 0.1) is 11.7 Å². The first-order chi connectivity index (χ1) is 9.84. The van der Waals surface area contributed by atoms with Crippen LogP contribution >= 0.6 is 0 Å². The average molecular weight is 290 g/mol. The van der Waals surface area contributed by atoms with Gasteiger partial charge in [0.15, 0.2) is 0 Å². The quantitative estimate of drug-likeness (QED) is 0.865. The topological polar surface area (TPSA) is 32.3 Å². The van der Waals surface area contributed by atoms with E-state index < -0.39 is 0 Å². The zero-order chi connectivity index (χ0) is 15.0. The third-order valence-electron chi connectivity index (χ3n) is 7.21. The maximum atomic E-state index is 13.1. The van der Waals surface area contributed by atoms with Crippen LogP contribution < -0.4 is 5.32 Å². The Bertz CT molecular complexity index is 477. The second-order valence-corrected chi connectivity index (χ2v) is 9.06. The van der Waals surface area contributed by atoms with Crippen molar-refractivity contribution in [3.05, 3.63) is 0 Å². The molecule has 4 fully saturated rings. The summed E-state index contributed by atoms with van der Waals surface area (Å²) in [6.07, 6.45) is 8.61. The summed E-state index contributed by atoms with van der Waals surface area (Å²) in [4.78, 5) is 15.5. The molecular formula is C18H30N2O. The molecule has 0 aromatic heterocycles. The van der Waals surface area contributed by atoms with Crippen LogP contribution in [0.2, 0.25) is 0 Å². The Kier molecular flexibility index (Phi) is 2.70. The monoisotopic (exact) mass is 290 g/mol. The highest BCUT2D eigenvalue weighted by molar-refractivity contribution is 5.92. The van der Waals surface area contributed by atoms with Gasteiger partial charge >= 0.3 is 0 Å². The molecule has 1 saturated heterocycles. The van der Waals surface area contributed by atoms with Crippen molar-refractivity contribution in [3.63, 3.8) is 0 Å². The molecule has 4 unspecified atom stereocenters. The van der Waals surface area contributed by atoms with Gasteiger partial charge in [0.2, 0.25) is 5.91 Å². The largest absolute Gasteiger partial charge is 0.321 e. The molecule has 118 valence electrons. The van der Waals surface area contributed by atoms with Crippen LogP contribution in [0, 0.1) is 16.7 Å². The van der Waals surface area contributed by atoms with E-state index >= 15 is 0 Å². The fourth-order valence-corrected chi connectivity index (χ4v) is 6.07. The Hall–Kier alpha value is -0.570. The summed E-state index contributed by atoms with van der Waals surface area (Å²) in [6, 6.07) is 0.431. The minimum atomic E-state index is -0.159. The van der Waals surface area contributed by atoms with Gasteiger partial charge in [0.25, 0.3) is 0 Å². The Morgan fingerprint density at radius 2 is 1.95 bits per heavy atom. The molecule has 0 aromatic rings. The normalized spacial score (nSPS) is 45.8. The summed E-state index contributed by atoms with van der Waals surface area (Å²) < 4.78 is 0. The van der Waals surface area contributed by atoms with Gasteiger partial charge in [-0.2, -0.15) is 0 Å². The summed E-state index contributed by atoms with van der Waals surface area (Å²) in [5.74, 6) is 1.23. The van der Waals surface area contributed by atoms with Crippen molar-refractivity contribution in [2.24, 2.45) is 16.7 Å². The second kappa shape index (κ2) is 4.04. The molecule has 1 spiro atoms. The predicted octanol–water partition coefficient (Wildman–Crippen LogP) is 3.29. The molecule has 0 aromatic carbocycles. The second-order valence-electron chi connectivity index (χ2n) is 9.06. The van der Waals surface area contributed by atoms with E-state index in [9.17, 15) is 4.79 Å². The number of nitrogens with zero attached hydrogens (tertiary/aromatic N) is 1. The van der Waals surface area contributed by atoms with Crippen molar-refractivity contribution in [2.45, 2.75) is 90.4 Å². The van der Waals surface area contributed by atoms with E-state index in [0.29, 0.717) is 17.4 Å². The van der Waals surface area contributed by atoms with Crippen LogP contribution in [0.1, 0.15) is 72.6 Å². The van der Waals surface area contributed by atoms with Gasteiger partial charge in [-0.1, -0.05) is 34.1 Å². The highest BCUT2D eigenvalue weighted by Gasteiger charge is 2.68. The van der Waals surface area contributed by atoms with Gasteiger partial charge in [-0.3, -0.25) is 10.1 Å². The molecule has 3 saturated carbocycles. The van der Waals surface area contributed by atoms with Crippen molar-refractivity contribution in [3.8, 4) is 0 Å². The fourth-order valence-electron chi connectivity index (χ4n) is 6.07. The molecule has 4 rings (SSSR count). The first kappa shape index (κ1) is 14.0. The number of hydrogen-bond acceptors (Lipinski definition) is 2. The molecular weight excluding hydrogens is 260 g/mol. The number of amides is 1. The number of nitrogens with one attached hydrogen (secondary N) is 1. The van der Waals surface area contributed by atoms with Gasteiger partial charge in [-0.25, -0.2) is 0 Å². The Labute approximate surface area is 128 Å². The van der Waals surface area contributed by atoms with Crippen LogP contribution in [0.3, 0.4) is 0 Å². The van der Waals surface area contributed by atoms with Crippen molar-refractivity contribution in [2.75, 3.05) is 0 Å². The molecule has 0 radical (unpaired) electrons. The van der Waals surface area contributed by atoms with Gasteiger partial charge in [-0.05, 0) is 55.3 Å². The van der Waals surface area contributed by atoms with Gasteiger partial charge in [0, 0.05) is 6.04 Å². The zero-order valence-electron chi connectivity index (χ0n) is 14.0. The van der Waals surface area contributed by atoms with Crippen molar-refractivity contribution >= 4 is 5.91 Å². The number of hydrogen-bond donors (Lipinski definition) is 1. The standard InChI is InChI=1S/C18H30N2O/c1-5-6-13-19-18(9-10-18)15(21)20(13)14-16(2,3)12-7-8-17(14,4)11-12/h12-14,19H,5-11H2,1-4H3. The van der Waals surface area contributed by atoms with E-state index in [1.54, 1.807) is 0 Å². The van der Waals surface area contributed by atoms with E-state index in [4.69, 9.17) is 0 Å². The van der Waals surface area contributed by atoms with E-state index in [0.717, 1.165) is 31.6 Å². The number of carbonyl (C=O) groups excluding carboxylic acids is 1.